The number of rotatable bonds is 7. The maximum absolute atomic E-state index is 13.1. The Labute approximate surface area is 168 Å². The summed E-state index contributed by atoms with van der Waals surface area (Å²) in [5.41, 5.74) is 1.81. The summed E-state index contributed by atoms with van der Waals surface area (Å²) in [6, 6.07) is 14.0. The normalized spacial score (nSPS) is 16.0. The van der Waals surface area contributed by atoms with E-state index in [1.807, 2.05) is 36.4 Å². The van der Waals surface area contributed by atoms with Gasteiger partial charge in [-0.25, -0.2) is 4.39 Å². The van der Waals surface area contributed by atoms with Crippen LogP contribution in [0.2, 0.25) is 0 Å². The Bertz CT molecular complexity index is 897. The third kappa shape index (κ3) is 5.10. The molecular weight excluding hydrogens is 375 g/mol. The lowest BCUT2D eigenvalue weighted by atomic mass is 10.2. The van der Waals surface area contributed by atoms with Crippen LogP contribution in [-0.4, -0.2) is 60.7 Å². The second-order valence-corrected chi connectivity index (χ2v) is 7.15. The number of nitrogens with zero attached hydrogens (tertiary/aromatic N) is 3. The number of piperazine rings is 1. The summed E-state index contributed by atoms with van der Waals surface area (Å²) in [6.07, 6.45) is 0.722. The zero-order valence-corrected chi connectivity index (χ0v) is 16.0. The monoisotopic (exact) mass is 399 g/mol. The molecule has 2 heterocycles. The summed E-state index contributed by atoms with van der Waals surface area (Å²) < 4.78 is 24.0. The minimum Gasteiger partial charge on any atom is -0.491 e. The molecule has 0 unspecified atom stereocenters. The van der Waals surface area contributed by atoms with Crippen molar-refractivity contribution < 1.29 is 23.6 Å². The molecule has 0 radical (unpaired) electrons. The maximum atomic E-state index is 13.1. The van der Waals surface area contributed by atoms with Gasteiger partial charge in [0.15, 0.2) is 0 Å². The quantitative estimate of drug-likeness (QED) is 0.618. The van der Waals surface area contributed by atoms with Crippen molar-refractivity contribution in [1.82, 2.24) is 10.2 Å². The van der Waals surface area contributed by atoms with Crippen LogP contribution in [0.3, 0.4) is 0 Å². The van der Waals surface area contributed by atoms with Crippen molar-refractivity contribution in [3.05, 3.63) is 60.7 Å². The molecule has 0 amide bonds. The molecule has 1 atom stereocenters. The molecule has 3 aromatic rings. The number of aromatic nitrogens is 2. The number of aliphatic hydroxyl groups is 1. The number of hydrogen-bond donors (Lipinski definition) is 2. The Morgan fingerprint density at radius 1 is 1.17 bits per heavy atom. The van der Waals surface area contributed by atoms with Crippen molar-refractivity contribution in [1.29, 1.82) is 0 Å². The van der Waals surface area contributed by atoms with Gasteiger partial charge < -0.3 is 24.1 Å². The lowest BCUT2D eigenvalue weighted by Gasteiger charge is -2.34. The summed E-state index contributed by atoms with van der Waals surface area (Å²) in [4.78, 5) is 3.58. The van der Waals surface area contributed by atoms with Gasteiger partial charge in [0.2, 0.25) is 12.3 Å². The smallest absolute Gasteiger partial charge is 0.247 e. The lowest BCUT2D eigenvalue weighted by molar-refractivity contribution is -0.903. The molecule has 1 saturated heterocycles. The van der Waals surface area contributed by atoms with Crippen LogP contribution < -0.4 is 14.5 Å². The third-order valence-electron chi connectivity index (χ3n) is 5.07. The van der Waals surface area contributed by atoms with E-state index in [2.05, 4.69) is 15.1 Å². The fraction of sp³-hybridized carbons (Fsp3) is 0.333. The van der Waals surface area contributed by atoms with E-state index < -0.39 is 6.10 Å². The van der Waals surface area contributed by atoms with Crippen LogP contribution in [0, 0.1) is 5.82 Å². The van der Waals surface area contributed by atoms with E-state index >= 15 is 0 Å². The van der Waals surface area contributed by atoms with Crippen LogP contribution in [0.5, 0.6) is 5.75 Å². The third-order valence-corrected chi connectivity index (χ3v) is 5.07. The highest BCUT2D eigenvalue weighted by Crippen LogP contribution is 2.21. The predicted octanol–water partition coefficient (Wildman–Crippen LogP) is 1.02. The summed E-state index contributed by atoms with van der Waals surface area (Å²) in [5, 5.41) is 17.9. The van der Waals surface area contributed by atoms with E-state index in [-0.39, 0.29) is 12.4 Å². The fourth-order valence-electron chi connectivity index (χ4n) is 3.54. The van der Waals surface area contributed by atoms with E-state index in [0.717, 1.165) is 37.4 Å². The van der Waals surface area contributed by atoms with Crippen molar-refractivity contribution >= 4 is 5.69 Å². The number of hydrogen-bond acceptors (Lipinski definition) is 6. The van der Waals surface area contributed by atoms with E-state index in [1.54, 1.807) is 0 Å². The number of aliphatic hydroxyl groups excluding tert-OH is 1. The lowest BCUT2D eigenvalue weighted by Crippen LogP contribution is -3.16. The number of halogens is 1. The van der Waals surface area contributed by atoms with E-state index in [9.17, 15) is 9.50 Å². The summed E-state index contributed by atoms with van der Waals surface area (Å²) in [6.45, 7) is 4.43. The molecule has 29 heavy (non-hydrogen) atoms. The average molecular weight is 399 g/mol. The van der Waals surface area contributed by atoms with E-state index in [0.29, 0.717) is 18.2 Å². The largest absolute Gasteiger partial charge is 0.491 e. The Morgan fingerprint density at radius 3 is 2.69 bits per heavy atom. The topological polar surface area (TPSA) is 76.1 Å². The van der Waals surface area contributed by atoms with Crippen LogP contribution in [0.15, 0.2) is 59.3 Å². The van der Waals surface area contributed by atoms with Gasteiger partial charge in [-0.2, -0.15) is 0 Å². The number of benzene rings is 2. The predicted molar refractivity (Wildman–Crippen MR) is 105 cm³/mol. The fourth-order valence-corrected chi connectivity index (χ4v) is 3.54. The molecule has 8 heteroatoms. The van der Waals surface area contributed by atoms with Crippen molar-refractivity contribution in [2.24, 2.45) is 0 Å². The molecule has 4 rings (SSSR count). The Hall–Kier alpha value is -2.97. The van der Waals surface area contributed by atoms with Gasteiger partial charge in [-0.15, -0.1) is 10.2 Å². The number of quaternary nitrogens is 1. The second kappa shape index (κ2) is 9.02. The molecular formula is C21H24FN4O3+. The van der Waals surface area contributed by atoms with Crippen LogP contribution in [0.1, 0.15) is 0 Å². The molecule has 0 aliphatic carbocycles. The Balaban J connectivity index is 1.23. The second-order valence-electron chi connectivity index (χ2n) is 7.15. The van der Waals surface area contributed by atoms with Gasteiger partial charge in [-0.05, 0) is 42.5 Å². The van der Waals surface area contributed by atoms with Crippen molar-refractivity contribution in [2.45, 2.75) is 6.10 Å². The van der Waals surface area contributed by atoms with Gasteiger partial charge in [-0.1, -0.05) is 6.07 Å². The van der Waals surface area contributed by atoms with Crippen LogP contribution >= 0.6 is 0 Å². The average Bonchev–Trinajstić information content (AvgIpc) is 3.29. The number of anilines is 1. The first-order chi connectivity index (χ1) is 14.2. The van der Waals surface area contributed by atoms with Gasteiger partial charge in [0.25, 0.3) is 0 Å². The molecule has 0 spiro atoms. The van der Waals surface area contributed by atoms with E-state index in [1.165, 1.54) is 23.4 Å². The summed E-state index contributed by atoms with van der Waals surface area (Å²) >= 11 is 0. The zero-order valence-electron chi connectivity index (χ0n) is 16.0. The first kappa shape index (κ1) is 19.4. The Morgan fingerprint density at radius 2 is 1.97 bits per heavy atom. The van der Waals surface area contributed by atoms with Gasteiger partial charge in [0, 0.05) is 11.3 Å². The first-order valence-corrected chi connectivity index (χ1v) is 9.69. The SMILES string of the molecule is O[C@@H](COc1cccc(-c2nnco2)c1)C[NH+]1CCN(c2ccc(F)cc2)CC1. The molecule has 0 bridgehead atoms. The molecule has 1 fully saturated rings. The molecule has 1 aliphatic heterocycles. The van der Waals surface area contributed by atoms with E-state index in [4.69, 9.17) is 9.15 Å². The highest BCUT2D eigenvalue weighted by Gasteiger charge is 2.23. The number of nitrogens with one attached hydrogen (secondary N) is 1. The van der Waals surface area contributed by atoms with Crippen molar-refractivity contribution in [2.75, 3.05) is 44.2 Å². The Kier molecular flexibility index (Phi) is 6.02. The summed E-state index contributed by atoms with van der Waals surface area (Å²) in [7, 11) is 0. The molecule has 1 aliphatic rings. The molecule has 2 aromatic carbocycles. The molecule has 1 aromatic heterocycles. The summed E-state index contributed by atoms with van der Waals surface area (Å²) in [5.74, 6) is 0.860. The zero-order chi connectivity index (χ0) is 20.1. The minimum atomic E-state index is -0.561. The van der Waals surface area contributed by atoms with Gasteiger partial charge in [0.1, 0.15) is 30.8 Å². The van der Waals surface area contributed by atoms with Crippen molar-refractivity contribution in [3.63, 3.8) is 0 Å². The molecule has 0 saturated carbocycles. The maximum Gasteiger partial charge on any atom is 0.247 e. The first-order valence-electron chi connectivity index (χ1n) is 9.69. The van der Waals surface area contributed by atoms with Gasteiger partial charge in [0.05, 0.1) is 26.2 Å². The molecule has 2 N–H and O–H groups in total. The van der Waals surface area contributed by atoms with Crippen LogP contribution in [0.25, 0.3) is 11.5 Å². The standard InChI is InChI=1S/C21H23FN4O3/c22-17-4-6-18(7-5-17)26-10-8-25(9-11-26)13-19(27)14-28-20-3-1-2-16(12-20)21-24-23-15-29-21/h1-7,12,15,19,27H,8-11,13-14H2/p+1/t19-/m1/s1. The highest BCUT2D eigenvalue weighted by atomic mass is 19.1. The highest BCUT2D eigenvalue weighted by molar-refractivity contribution is 5.55. The minimum absolute atomic E-state index is 0.219. The van der Waals surface area contributed by atoms with Crippen LogP contribution in [0.4, 0.5) is 10.1 Å². The van der Waals surface area contributed by atoms with Gasteiger partial charge >= 0.3 is 0 Å². The molecule has 7 nitrogen and oxygen atoms in total. The van der Waals surface area contributed by atoms with Gasteiger partial charge in [-0.3, -0.25) is 0 Å². The van der Waals surface area contributed by atoms with Crippen molar-refractivity contribution in [3.8, 4) is 17.2 Å². The molecule has 152 valence electrons. The van der Waals surface area contributed by atoms with Crippen LogP contribution in [-0.2, 0) is 0 Å². The number of ether oxygens (including phenoxy) is 1.